The molecule has 1 aliphatic heterocycles. The summed E-state index contributed by atoms with van der Waals surface area (Å²) in [4.78, 5) is 17.5. The molecule has 2 aromatic carbocycles. The lowest BCUT2D eigenvalue weighted by molar-refractivity contribution is 0.0886. The number of benzene rings is 2. The topological polar surface area (TPSA) is 44.8 Å². The highest BCUT2D eigenvalue weighted by Crippen LogP contribution is 2.23. The first-order valence-corrected chi connectivity index (χ1v) is 10.1. The molecule has 3 rings (SSSR count). The monoisotopic (exact) mass is 401 g/mol. The molecule has 1 atom stereocenters. The number of piperazine rings is 1. The zero-order valence-corrected chi connectivity index (χ0v) is 17.3. The van der Waals surface area contributed by atoms with E-state index in [4.69, 9.17) is 16.3 Å². The molecule has 1 heterocycles. The van der Waals surface area contributed by atoms with E-state index in [1.807, 2.05) is 49.4 Å². The summed E-state index contributed by atoms with van der Waals surface area (Å²) >= 11 is 6.07. The van der Waals surface area contributed by atoms with Crippen LogP contribution in [0.1, 0.15) is 28.9 Å². The van der Waals surface area contributed by atoms with Gasteiger partial charge in [0.2, 0.25) is 0 Å². The zero-order chi connectivity index (χ0) is 19.9. The Morgan fingerprint density at radius 3 is 2.54 bits per heavy atom. The van der Waals surface area contributed by atoms with Crippen LogP contribution in [0, 0.1) is 0 Å². The lowest BCUT2D eigenvalue weighted by Gasteiger charge is -2.38. The number of nitrogens with one attached hydrogen (secondary N) is 1. The van der Waals surface area contributed by atoms with Crippen LogP contribution < -0.4 is 10.1 Å². The van der Waals surface area contributed by atoms with Gasteiger partial charge in [0.25, 0.3) is 5.91 Å². The van der Waals surface area contributed by atoms with Crippen molar-refractivity contribution in [2.45, 2.75) is 13.0 Å². The fraction of sp³-hybridized carbons (Fsp3) is 0.409. The summed E-state index contributed by atoms with van der Waals surface area (Å²) in [6, 6.07) is 15.3. The third kappa shape index (κ3) is 5.47. The Labute approximate surface area is 172 Å². The second-order valence-corrected chi connectivity index (χ2v) is 7.51. The number of hydrogen-bond acceptors (Lipinski definition) is 4. The number of ether oxygens (including phenoxy) is 1. The highest BCUT2D eigenvalue weighted by molar-refractivity contribution is 6.30. The number of halogens is 1. The van der Waals surface area contributed by atoms with E-state index in [1.165, 1.54) is 0 Å². The van der Waals surface area contributed by atoms with Gasteiger partial charge in [0.15, 0.2) is 0 Å². The number of amides is 1. The SMILES string of the molecule is CCOc1cccc(C(=O)NC[C@H](c2ccc(Cl)cc2)N2CCN(C)CC2)c1. The van der Waals surface area contributed by atoms with Crippen molar-refractivity contribution >= 4 is 17.5 Å². The van der Waals surface area contributed by atoms with Gasteiger partial charge in [-0.2, -0.15) is 0 Å². The average molecular weight is 402 g/mol. The summed E-state index contributed by atoms with van der Waals surface area (Å²) in [7, 11) is 2.14. The van der Waals surface area contributed by atoms with Crippen LogP contribution in [-0.4, -0.2) is 62.1 Å². The summed E-state index contributed by atoms with van der Waals surface area (Å²) in [5, 5.41) is 3.83. The minimum Gasteiger partial charge on any atom is -0.494 e. The van der Waals surface area contributed by atoms with Crippen molar-refractivity contribution in [1.82, 2.24) is 15.1 Å². The fourth-order valence-corrected chi connectivity index (χ4v) is 3.59. The predicted octanol–water partition coefficient (Wildman–Crippen LogP) is 3.46. The van der Waals surface area contributed by atoms with Crippen molar-refractivity contribution in [3.8, 4) is 5.75 Å². The summed E-state index contributed by atoms with van der Waals surface area (Å²) < 4.78 is 5.50. The van der Waals surface area contributed by atoms with Gasteiger partial charge >= 0.3 is 0 Å². The molecule has 0 aliphatic carbocycles. The molecule has 0 bridgehead atoms. The Kier molecular flexibility index (Phi) is 7.31. The van der Waals surface area contributed by atoms with Crippen molar-refractivity contribution in [2.24, 2.45) is 0 Å². The Bertz CT molecular complexity index is 774. The first kappa shape index (κ1) is 20.6. The van der Waals surface area contributed by atoms with E-state index in [9.17, 15) is 4.79 Å². The molecule has 150 valence electrons. The molecule has 6 heteroatoms. The first-order chi connectivity index (χ1) is 13.6. The number of carbonyl (C=O) groups is 1. The lowest BCUT2D eigenvalue weighted by atomic mass is 10.0. The lowest BCUT2D eigenvalue weighted by Crippen LogP contribution is -2.48. The number of rotatable bonds is 7. The van der Waals surface area contributed by atoms with Crippen LogP contribution >= 0.6 is 11.6 Å². The third-order valence-electron chi connectivity index (χ3n) is 5.10. The number of nitrogens with zero attached hydrogens (tertiary/aromatic N) is 2. The maximum Gasteiger partial charge on any atom is 0.251 e. The molecule has 5 nitrogen and oxygen atoms in total. The molecule has 0 saturated carbocycles. The highest BCUT2D eigenvalue weighted by Gasteiger charge is 2.24. The third-order valence-corrected chi connectivity index (χ3v) is 5.35. The van der Waals surface area contributed by atoms with Gasteiger partial charge in [-0.15, -0.1) is 0 Å². The van der Waals surface area contributed by atoms with Crippen molar-refractivity contribution in [3.63, 3.8) is 0 Å². The number of hydrogen-bond donors (Lipinski definition) is 1. The van der Waals surface area contributed by atoms with Crippen LogP contribution in [0.15, 0.2) is 48.5 Å². The van der Waals surface area contributed by atoms with Crippen LogP contribution in [0.5, 0.6) is 5.75 Å². The Hall–Kier alpha value is -2.08. The van der Waals surface area contributed by atoms with E-state index >= 15 is 0 Å². The van der Waals surface area contributed by atoms with Gasteiger partial charge in [-0.1, -0.05) is 29.8 Å². The molecule has 1 aliphatic rings. The average Bonchev–Trinajstić information content (AvgIpc) is 2.71. The van der Waals surface area contributed by atoms with Gasteiger partial charge in [-0.05, 0) is 49.9 Å². The summed E-state index contributed by atoms with van der Waals surface area (Å²) in [6.45, 7) is 7.04. The smallest absolute Gasteiger partial charge is 0.251 e. The van der Waals surface area contributed by atoms with E-state index in [0.29, 0.717) is 24.5 Å². The largest absolute Gasteiger partial charge is 0.494 e. The zero-order valence-electron chi connectivity index (χ0n) is 16.5. The van der Waals surface area contributed by atoms with E-state index in [1.54, 1.807) is 6.07 Å². The molecular weight excluding hydrogens is 374 g/mol. The van der Waals surface area contributed by atoms with Crippen LogP contribution in [-0.2, 0) is 0 Å². The molecule has 2 aromatic rings. The molecule has 0 spiro atoms. The van der Waals surface area contributed by atoms with Crippen LogP contribution in [0.25, 0.3) is 0 Å². The molecular formula is C22H28ClN3O2. The van der Waals surface area contributed by atoms with Crippen LogP contribution in [0.4, 0.5) is 0 Å². The van der Waals surface area contributed by atoms with Gasteiger partial charge in [-0.3, -0.25) is 9.69 Å². The standard InChI is InChI=1S/C22H28ClN3O2/c1-3-28-20-6-4-5-18(15-20)22(27)24-16-21(17-7-9-19(23)10-8-17)26-13-11-25(2)12-14-26/h4-10,15,21H,3,11-14,16H2,1-2H3,(H,24,27)/t21-/m1/s1. The fourth-order valence-electron chi connectivity index (χ4n) is 3.46. The molecule has 1 amide bonds. The highest BCUT2D eigenvalue weighted by atomic mass is 35.5. The Balaban J connectivity index is 1.71. The minimum atomic E-state index is -0.0883. The van der Waals surface area contributed by atoms with Crippen molar-refractivity contribution in [3.05, 3.63) is 64.7 Å². The van der Waals surface area contributed by atoms with Gasteiger partial charge < -0.3 is 15.0 Å². The van der Waals surface area contributed by atoms with Crippen molar-refractivity contribution in [1.29, 1.82) is 0 Å². The summed E-state index contributed by atoms with van der Waals surface area (Å²) in [5.41, 5.74) is 1.77. The quantitative estimate of drug-likeness (QED) is 0.771. The molecule has 0 aromatic heterocycles. The van der Waals surface area contributed by atoms with E-state index < -0.39 is 0 Å². The molecule has 1 saturated heterocycles. The molecule has 0 unspecified atom stereocenters. The van der Waals surface area contributed by atoms with Crippen LogP contribution in [0.3, 0.4) is 0 Å². The summed E-state index contributed by atoms with van der Waals surface area (Å²) in [6.07, 6.45) is 0. The van der Waals surface area contributed by atoms with Gasteiger partial charge in [0, 0.05) is 43.3 Å². The first-order valence-electron chi connectivity index (χ1n) is 9.76. The number of carbonyl (C=O) groups excluding carboxylic acids is 1. The van der Waals surface area contributed by atoms with Gasteiger partial charge in [-0.25, -0.2) is 0 Å². The van der Waals surface area contributed by atoms with E-state index in [2.05, 4.69) is 22.2 Å². The molecule has 1 N–H and O–H groups in total. The second kappa shape index (κ2) is 9.92. The van der Waals surface area contributed by atoms with Crippen LogP contribution in [0.2, 0.25) is 5.02 Å². The van der Waals surface area contributed by atoms with Crippen molar-refractivity contribution in [2.75, 3.05) is 46.4 Å². The minimum absolute atomic E-state index is 0.0883. The Morgan fingerprint density at radius 1 is 1.14 bits per heavy atom. The van der Waals surface area contributed by atoms with Gasteiger partial charge in [0.1, 0.15) is 5.75 Å². The Morgan fingerprint density at radius 2 is 1.86 bits per heavy atom. The van der Waals surface area contributed by atoms with Crippen molar-refractivity contribution < 1.29 is 9.53 Å². The normalized spacial score (nSPS) is 16.5. The summed E-state index contributed by atoms with van der Waals surface area (Å²) in [5.74, 6) is 0.623. The molecule has 1 fully saturated rings. The molecule has 0 radical (unpaired) electrons. The maximum absolute atomic E-state index is 12.7. The second-order valence-electron chi connectivity index (χ2n) is 7.08. The maximum atomic E-state index is 12.7. The van der Waals surface area contributed by atoms with E-state index in [0.717, 1.165) is 36.8 Å². The molecule has 28 heavy (non-hydrogen) atoms. The number of likely N-dealkylation sites (N-methyl/N-ethyl adjacent to an activating group) is 1. The van der Waals surface area contributed by atoms with E-state index in [-0.39, 0.29) is 11.9 Å². The predicted molar refractivity (Wildman–Crippen MR) is 113 cm³/mol. The van der Waals surface area contributed by atoms with Gasteiger partial charge in [0.05, 0.1) is 12.6 Å².